The van der Waals surface area contributed by atoms with Gasteiger partial charge in [0.15, 0.2) is 18.5 Å². The summed E-state index contributed by atoms with van der Waals surface area (Å²) in [4.78, 5) is 23.5. The van der Waals surface area contributed by atoms with Crippen molar-refractivity contribution in [1.82, 2.24) is 0 Å². The summed E-state index contributed by atoms with van der Waals surface area (Å²) >= 11 is 0. The van der Waals surface area contributed by atoms with E-state index >= 15 is 0 Å². The Hall–Kier alpha value is -2.29. The highest BCUT2D eigenvalue weighted by atomic mass is 16.1. The quantitative estimate of drug-likeness (QED) is 0.607. The number of rotatable bonds is 5. The molecule has 0 saturated carbocycles. The molecule has 96 valence electrons. The van der Waals surface area contributed by atoms with Crippen molar-refractivity contribution in [3.63, 3.8) is 0 Å². The molecule has 1 heterocycles. The van der Waals surface area contributed by atoms with Crippen molar-refractivity contribution in [2.75, 3.05) is 0 Å². The lowest BCUT2D eigenvalue weighted by molar-refractivity contribution is -0.697. The molecule has 0 spiro atoms. The monoisotopic (exact) mass is 254 g/mol. The zero-order valence-electron chi connectivity index (χ0n) is 10.9. The molecular weight excluding hydrogens is 238 g/mol. The summed E-state index contributed by atoms with van der Waals surface area (Å²) in [5, 5.41) is 0. The average molecular weight is 254 g/mol. The molecule has 0 radical (unpaired) electrons. The van der Waals surface area contributed by atoms with Gasteiger partial charge < -0.3 is 0 Å². The van der Waals surface area contributed by atoms with Crippen LogP contribution in [0.25, 0.3) is 0 Å². The molecule has 0 saturated heterocycles. The predicted octanol–water partition coefficient (Wildman–Crippen LogP) is 2.45. The first kappa shape index (κ1) is 13.1. The largest absolute Gasteiger partial charge is 0.294 e. The molecule has 1 aromatic carbocycles. The van der Waals surface area contributed by atoms with Crippen LogP contribution in [0, 0.1) is 0 Å². The summed E-state index contributed by atoms with van der Waals surface area (Å²) in [6.45, 7) is 2.05. The number of pyridine rings is 1. The third-order valence-corrected chi connectivity index (χ3v) is 2.98. The van der Waals surface area contributed by atoms with Crippen LogP contribution in [0.3, 0.4) is 0 Å². The van der Waals surface area contributed by atoms with Gasteiger partial charge in [0.1, 0.15) is 0 Å². The first-order valence-electron chi connectivity index (χ1n) is 6.26. The first-order valence-corrected chi connectivity index (χ1v) is 6.26. The number of ketones is 2. The number of Topliss-reactive ketones (excluding diaryl/α,β-unsaturated/α-hetero) is 2. The van der Waals surface area contributed by atoms with Gasteiger partial charge in [0.25, 0.3) is 0 Å². The van der Waals surface area contributed by atoms with Gasteiger partial charge in [0, 0.05) is 24.6 Å². The van der Waals surface area contributed by atoms with E-state index in [0.29, 0.717) is 24.2 Å². The van der Waals surface area contributed by atoms with Gasteiger partial charge in [0.05, 0.1) is 6.42 Å². The molecule has 0 N–H and O–H groups in total. The third-order valence-electron chi connectivity index (χ3n) is 2.98. The van der Waals surface area contributed by atoms with Gasteiger partial charge in [-0.3, -0.25) is 9.59 Å². The fourth-order valence-corrected chi connectivity index (χ4v) is 1.98. The van der Waals surface area contributed by atoms with Crippen LogP contribution in [0.2, 0.25) is 0 Å². The van der Waals surface area contributed by atoms with Crippen LogP contribution in [-0.4, -0.2) is 11.6 Å². The Morgan fingerprint density at radius 3 is 2.37 bits per heavy atom. The third kappa shape index (κ3) is 3.35. The molecule has 0 unspecified atom stereocenters. The molecule has 0 bridgehead atoms. The van der Waals surface area contributed by atoms with E-state index in [4.69, 9.17) is 0 Å². The molecule has 2 aromatic rings. The Morgan fingerprint density at radius 1 is 1.00 bits per heavy atom. The second-order valence-corrected chi connectivity index (χ2v) is 4.37. The van der Waals surface area contributed by atoms with Gasteiger partial charge in [-0.05, 0) is 6.07 Å². The molecule has 0 aliphatic heterocycles. The van der Waals surface area contributed by atoms with Crippen LogP contribution < -0.4 is 4.57 Å². The number of benzene rings is 1. The van der Waals surface area contributed by atoms with Crippen molar-refractivity contribution in [2.45, 2.75) is 19.9 Å². The lowest BCUT2D eigenvalue weighted by Gasteiger charge is -2.01. The van der Waals surface area contributed by atoms with Crippen molar-refractivity contribution < 1.29 is 14.2 Å². The molecule has 1 aromatic heterocycles. The number of aromatic nitrogens is 1. The maximum absolute atomic E-state index is 12.0. The van der Waals surface area contributed by atoms with Gasteiger partial charge >= 0.3 is 0 Å². The standard InChI is InChI=1S/C16H16NO2/c1-13(18)15-9-5-6-11-17(15)12-10-16(19)14-7-3-2-4-8-14/h2-9,11H,10,12H2,1H3/q+1. The van der Waals surface area contributed by atoms with Crippen molar-refractivity contribution in [3.8, 4) is 0 Å². The second kappa shape index (κ2) is 6.05. The van der Waals surface area contributed by atoms with E-state index in [0.717, 1.165) is 0 Å². The molecule has 3 nitrogen and oxygen atoms in total. The SMILES string of the molecule is CC(=O)c1cccc[n+]1CCC(=O)c1ccccc1. The first-order chi connectivity index (χ1) is 9.18. The summed E-state index contributed by atoms with van der Waals surface area (Å²) in [6, 6.07) is 14.7. The molecule has 0 amide bonds. The lowest BCUT2D eigenvalue weighted by Crippen LogP contribution is -2.40. The highest BCUT2D eigenvalue weighted by Gasteiger charge is 2.15. The lowest BCUT2D eigenvalue weighted by atomic mass is 10.1. The number of carbonyl (C=O) groups excluding carboxylic acids is 2. The van der Waals surface area contributed by atoms with E-state index in [1.807, 2.05) is 53.2 Å². The van der Waals surface area contributed by atoms with E-state index in [9.17, 15) is 9.59 Å². The summed E-state index contributed by atoms with van der Waals surface area (Å²) in [7, 11) is 0. The average Bonchev–Trinajstić information content (AvgIpc) is 2.46. The van der Waals surface area contributed by atoms with E-state index in [1.165, 1.54) is 6.92 Å². The number of nitrogens with zero attached hydrogens (tertiary/aromatic N) is 1. The molecule has 0 aliphatic carbocycles. The van der Waals surface area contributed by atoms with E-state index in [1.54, 1.807) is 6.07 Å². The van der Waals surface area contributed by atoms with Crippen LogP contribution in [-0.2, 0) is 6.54 Å². The maximum atomic E-state index is 12.0. The van der Waals surface area contributed by atoms with Crippen LogP contribution in [0.4, 0.5) is 0 Å². The van der Waals surface area contributed by atoms with E-state index in [2.05, 4.69) is 0 Å². The second-order valence-electron chi connectivity index (χ2n) is 4.37. The van der Waals surface area contributed by atoms with Crippen LogP contribution >= 0.6 is 0 Å². The molecule has 2 rings (SSSR count). The highest BCUT2D eigenvalue weighted by molar-refractivity contribution is 5.95. The molecule has 19 heavy (non-hydrogen) atoms. The van der Waals surface area contributed by atoms with Gasteiger partial charge in [-0.25, -0.2) is 0 Å². The number of carbonyl (C=O) groups is 2. The zero-order chi connectivity index (χ0) is 13.7. The molecule has 0 atom stereocenters. The van der Waals surface area contributed by atoms with E-state index < -0.39 is 0 Å². The topological polar surface area (TPSA) is 38.0 Å². The maximum Gasteiger partial charge on any atom is 0.248 e. The minimum absolute atomic E-state index is 0.00719. The Kier molecular flexibility index (Phi) is 4.18. The molecule has 3 heteroatoms. The fraction of sp³-hybridized carbons (Fsp3) is 0.188. The van der Waals surface area contributed by atoms with Crippen molar-refractivity contribution >= 4 is 11.6 Å². The fourth-order valence-electron chi connectivity index (χ4n) is 1.98. The minimum Gasteiger partial charge on any atom is -0.294 e. The Bertz CT molecular complexity index is 591. The zero-order valence-corrected chi connectivity index (χ0v) is 10.9. The van der Waals surface area contributed by atoms with Gasteiger partial charge in [-0.1, -0.05) is 30.3 Å². The highest BCUT2D eigenvalue weighted by Crippen LogP contribution is 2.03. The Labute approximate surface area is 112 Å². The van der Waals surface area contributed by atoms with Crippen molar-refractivity contribution in [2.24, 2.45) is 0 Å². The van der Waals surface area contributed by atoms with Gasteiger partial charge in [0.2, 0.25) is 11.5 Å². The molecule has 0 aliphatic rings. The normalized spacial score (nSPS) is 10.2. The Balaban J connectivity index is 2.07. The number of aryl methyl sites for hydroxylation is 1. The van der Waals surface area contributed by atoms with Crippen LogP contribution in [0.5, 0.6) is 0 Å². The Morgan fingerprint density at radius 2 is 1.68 bits per heavy atom. The van der Waals surface area contributed by atoms with Gasteiger partial charge in [-0.15, -0.1) is 0 Å². The van der Waals surface area contributed by atoms with Crippen LogP contribution in [0.1, 0.15) is 34.2 Å². The molecule has 0 fully saturated rings. The van der Waals surface area contributed by atoms with E-state index in [-0.39, 0.29) is 11.6 Å². The van der Waals surface area contributed by atoms with Gasteiger partial charge in [-0.2, -0.15) is 4.57 Å². The minimum atomic E-state index is 0.00719. The molecular formula is C16H16NO2+. The predicted molar refractivity (Wildman–Crippen MR) is 72.0 cm³/mol. The smallest absolute Gasteiger partial charge is 0.248 e. The summed E-state index contributed by atoms with van der Waals surface area (Å²) in [5.74, 6) is 0.0965. The summed E-state index contributed by atoms with van der Waals surface area (Å²) in [5.41, 5.74) is 1.34. The summed E-state index contributed by atoms with van der Waals surface area (Å²) in [6.07, 6.45) is 2.22. The number of hydrogen-bond donors (Lipinski definition) is 0. The van der Waals surface area contributed by atoms with Crippen molar-refractivity contribution in [3.05, 3.63) is 66.0 Å². The number of hydrogen-bond acceptors (Lipinski definition) is 2. The van der Waals surface area contributed by atoms with Crippen LogP contribution in [0.15, 0.2) is 54.7 Å². The van der Waals surface area contributed by atoms with Crippen molar-refractivity contribution in [1.29, 1.82) is 0 Å². The summed E-state index contributed by atoms with van der Waals surface area (Å²) < 4.78 is 1.82.